The number of ether oxygens (including phenoxy) is 1. The van der Waals surface area contributed by atoms with Gasteiger partial charge in [-0.2, -0.15) is 9.78 Å². The average Bonchev–Trinajstić information content (AvgIpc) is 2.92. The molecular formula is C20H24O3. The van der Waals surface area contributed by atoms with Gasteiger partial charge in [-0.1, -0.05) is 24.3 Å². The van der Waals surface area contributed by atoms with Crippen LogP contribution in [-0.2, 0) is 27.4 Å². The van der Waals surface area contributed by atoms with Crippen molar-refractivity contribution >= 4 is 0 Å². The summed E-state index contributed by atoms with van der Waals surface area (Å²) in [6.07, 6.45) is 9.34. The predicted molar refractivity (Wildman–Crippen MR) is 84.2 cm³/mol. The van der Waals surface area contributed by atoms with Gasteiger partial charge in [0.1, 0.15) is 0 Å². The Morgan fingerprint density at radius 2 is 1.52 bits per heavy atom. The lowest BCUT2D eigenvalue weighted by Crippen LogP contribution is -2.59. The monoisotopic (exact) mass is 312 g/mol. The average molecular weight is 312 g/mol. The molecule has 1 unspecified atom stereocenters. The van der Waals surface area contributed by atoms with Gasteiger partial charge in [0.05, 0.1) is 0 Å². The zero-order chi connectivity index (χ0) is 15.1. The van der Waals surface area contributed by atoms with E-state index in [2.05, 4.69) is 24.3 Å². The van der Waals surface area contributed by atoms with Gasteiger partial charge < -0.3 is 4.74 Å². The molecule has 3 heteroatoms. The van der Waals surface area contributed by atoms with E-state index in [-0.39, 0.29) is 0 Å². The molecule has 6 aliphatic rings. The van der Waals surface area contributed by atoms with Crippen molar-refractivity contribution in [1.82, 2.24) is 0 Å². The van der Waals surface area contributed by atoms with Crippen molar-refractivity contribution in [3.8, 4) is 0 Å². The Labute approximate surface area is 137 Å². The van der Waals surface area contributed by atoms with Gasteiger partial charge in [0.25, 0.3) is 0 Å². The van der Waals surface area contributed by atoms with Gasteiger partial charge in [0, 0.05) is 24.7 Å². The van der Waals surface area contributed by atoms with E-state index in [1.807, 2.05) is 0 Å². The molecule has 1 heterocycles. The second-order valence-corrected chi connectivity index (χ2v) is 8.65. The molecule has 4 bridgehead atoms. The minimum atomic E-state index is -0.538. The lowest BCUT2D eigenvalue weighted by atomic mass is 9.53. The van der Waals surface area contributed by atoms with E-state index in [1.165, 1.54) is 43.2 Å². The largest absolute Gasteiger partial charge is 0.311 e. The summed E-state index contributed by atoms with van der Waals surface area (Å²) in [4.78, 5) is 12.1. The van der Waals surface area contributed by atoms with Gasteiger partial charge in [0.2, 0.25) is 11.6 Å². The highest BCUT2D eigenvalue weighted by Crippen LogP contribution is 2.63. The van der Waals surface area contributed by atoms with Crippen LogP contribution in [0.3, 0.4) is 0 Å². The van der Waals surface area contributed by atoms with Crippen molar-refractivity contribution < 1.29 is 14.5 Å². The highest BCUT2D eigenvalue weighted by Gasteiger charge is 2.66. The molecule has 0 aromatic heterocycles. The number of rotatable bonds is 0. The fraction of sp³-hybridized carbons (Fsp3) is 0.700. The lowest BCUT2D eigenvalue weighted by molar-refractivity contribution is -0.389. The normalized spacial score (nSPS) is 49.9. The van der Waals surface area contributed by atoms with Crippen LogP contribution in [0.15, 0.2) is 24.3 Å². The van der Waals surface area contributed by atoms with E-state index >= 15 is 0 Å². The van der Waals surface area contributed by atoms with Crippen molar-refractivity contribution in [3.05, 3.63) is 35.4 Å². The van der Waals surface area contributed by atoms with Gasteiger partial charge in [0.15, 0.2) is 0 Å². The molecule has 5 aliphatic carbocycles. The quantitative estimate of drug-likeness (QED) is 0.678. The van der Waals surface area contributed by atoms with Crippen molar-refractivity contribution in [3.63, 3.8) is 0 Å². The summed E-state index contributed by atoms with van der Waals surface area (Å²) in [7, 11) is 0. The Bertz CT molecular complexity index is 626. The minimum Gasteiger partial charge on any atom is -0.311 e. The molecular weight excluding hydrogens is 288 g/mol. The van der Waals surface area contributed by atoms with Crippen LogP contribution in [0.5, 0.6) is 0 Å². The Kier molecular flexibility index (Phi) is 2.55. The number of hydrogen-bond donors (Lipinski definition) is 0. The maximum absolute atomic E-state index is 6.77. The van der Waals surface area contributed by atoms with Crippen molar-refractivity contribution in [2.45, 2.75) is 62.9 Å². The fourth-order valence-corrected chi connectivity index (χ4v) is 6.45. The molecule has 0 radical (unpaired) electrons. The molecule has 4 saturated carbocycles. The molecule has 1 saturated heterocycles. The molecule has 7 rings (SSSR count). The van der Waals surface area contributed by atoms with Crippen LogP contribution in [0.2, 0.25) is 0 Å². The molecule has 23 heavy (non-hydrogen) atoms. The van der Waals surface area contributed by atoms with Crippen LogP contribution in [0, 0.1) is 23.7 Å². The topological polar surface area (TPSA) is 27.7 Å². The van der Waals surface area contributed by atoms with Gasteiger partial charge in [-0.3, -0.25) is 0 Å². The maximum atomic E-state index is 6.77. The summed E-state index contributed by atoms with van der Waals surface area (Å²) in [5, 5.41) is 0. The number of aryl methyl sites for hydroxylation is 1. The van der Waals surface area contributed by atoms with E-state index in [0.29, 0.717) is 11.8 Å². The zero-order valence-electron chi connectivity index (χ0n) is 13.5. The third-order valence-electron chi connectivity index (χ3n) is 7.30. The summed E-state index contributed by atoms with van der Waals surface area (Å²) in [6.45, 7) is 0. The molecule has 0 amide bonds. The first-order chi connectivity index (χ1) is 11.2. The SMILES string of the molecule is c1ccc2c(c1)CCC1(C2)OOC2(O1)C1CC3CC(C1)CC2C3. The number of hydrogen-bond acceptors (Lipinski definition) is 3. The van der Waals surface area contributed by atoms with Crippen molar-refractivity contribution in [2.75, 3.05) is 0 Å². The Balaban J connectivity index is 1.33. The van der Waals surface area contributed by atoms with Crippen LogP contribution in [0.1, 0.15) is 49.7 Å². The summed E-state index contributed by atoms with van der Waals surface area (Å²) >= 11 is 0. The van der Waals surface area contributed by atoms with E-state index in [1.54, 1.807) is 0 Å². The van der Waals surface area contributed by atoms with Gasteiger partial charge in [-0.25, -0.2) is 0 Å². The van der Waals surface area contributed by atoms with E-state index in [4.69, 9.17) is 14.5 Å². The molecule has 1 aromatic rings. The molecule has 2 spiro atoms. The third-order valence-corrected chi connectivity index (χ3v) is 7.30. The molecule has 1 aliphatic heterocycles. The van der Waals surface area contributed by atoms with Crippen LogP contribution in [-0.4, -0.2) is 11.6 Å². The van der Waals surface area contributed by atoms with Crippen LogP contribution < -0.4 is 0 Å². The highest BCUT2D eigenvalue weighted by atomic mass is 17.3. The first-order valence-corrected chi connectivity index (χ1v) is 9.38. The van der Waals surface area contributed by atoms with Crippen LogP contribution in [0.4, 0.5) is 0 Å². The van der Waals surface area contributed by atoms with Crippen LogP contribution in [0.25, 0.3) is 0 Å². The van der Waals surface area contributed by atoms with Gasteiger partial charge in [-0.05, 0) is 61.5 Å². The molecule has 0 N–H and O–H groups in total. The van der Waals surface area contributed by atoms with Crippen molar-refractivity contribution in [2.24, 2.45) is 23.7 Å². The summed E-state index contributed by atoms with van der Waals surface area (Å²) < 4.78 is 6.77. The Morgan fingerprint density at radius 3 is 2.26 bits per heavy atom. The van der Waals surface area contributed by atoms with E-state index in [0.717, 1.165) is 31.1 Å². The molecule has 1 aromatic carbocycles. The van der Waals surface area contributed by atoms with Gasteiger partial charge in [-0.15, -0.1) is 0 Å². The lowest BCUT2D eigenvalue weighted by Gasteiger charge is -2.57. The van der Waals surface area contributed by atoms with Gasteiger partial charge >= 0.3 is 0 Å². The summed E-state index contributed by atoms with van der Waals surface area (Å²) in [6, 6.07) is 8.69. The third kappa shape index (κ3) is 1.76. The van der Waals surface area contributed by atoms with E-state index < -0.39 is 11.6 Å². The first-order valence-electron chi connectivity index (χ1n) is 9.38. The Morgan fingerprint density at radius 1 is 0.826 bits per heavy atom. The zero-order valence-corrected chi connectivity index (χ0v) is 13.5. The highest BCUT2D eigenvalue weighted by molar-refractivity contribution is 5.31. The predicted octanol–water partition coefficient (Wildman–Crippen LogP) is 4.00. The second kappa shape index (κ2) is 4.38. The summed E-state index contributed by atoms with van der Waals surface area (Å²) in [5.74, 6) is 1.96. The molecule has 1 atom stereocenters. The van der Waals surface area contributed by atoms with Crippen LogP contribution >= 0.6 is 0 Å². The smallest absolute Gasteiger partial charge is 0.210 e. The first kappa shape index (κ1) is 13.4. The fourth-order valence-electron chi connectivity index (χ4n) is 6.45. The number of benzene rings is 1. The molecule has 3 nitrogen and oxygen atoms in total. The number of fused-ring (bicyclic) bond motifs is 1. The van der Waals surface area contributed by atoms with E-state index in [9.17, 15) is 0 Å². The Hall–Kier alpha value is -0.900. The summed E-state index contributed by atoms with van der Waals surface area (Å²) in [5.41, 5.74) is 2.81. The standard InChI is InChI=1S/C20H24O3/c1-2-4-16-12-19(6-5-15(16)3-1)21-20(23-22-19)17-8-13-7-14(10-17)11-18(20)9-13/h1-4,13-14,17-18H,5-12H2. The molecule has 5 fully saturated rings. The maximum Gasteiger partial charge on any atom is 0.210 e. The minimum absolute atomic E-state index is 0.431. The molecule has 122 valence electrons. The second-order valence-electron chi connectivity index (χ2n) is 8.65. The van der Waals surface area contributed by atoms with Crippen molar-refractivity contribution in [1.29, 1.82) is 0 Å².